The van der Waals surface area contributed by atoms with Crippen LogP contribution in [0.2, 0.25) is 13.1 Å². The Labute approximate surface area is 286 Å². The maximum atomic E-state index is 8.59. The first-order valence-electron chi connectivity index (χ1n) is 17.1. The molecule has 0 fully saturated rings. The molecule has 0 aromatic heterocycles. The molecule has 0 bridgehead atoms. The first-order chi connectivity index (χ1) is 21.7. The average Bonchev–Trinajstić information content (AvgIpc) is 3.51. The summed E-state index contributed by atoms with van der Waals surface area (Å²) in [4.78, 5) is 0. The minimum atomic E-state index is -4.77. The van der Waals surface area contributed by atoms with Gasteiger partial charge in [-0.2, -0.15) is 0 Å². The predicted molar refractivity (Wildman–Crippen MR) is 205 cm³/mol. The number of aryl methyl sites for hydroxylation is 6. The van der Waals surface area contributed by atoms with Crippen molar-refractivity contribution < 1.29 is 15.6 Å². The SMILES string of the molecule is CCc1ccc2c(c1-c1cc(C)cc(C)c1)C=C(C)[CH]2[Zr]([Cl])([Cl])([CH]1C(C)=Cc2c1ccc(CC)c2-c1cc(C)cc(C)c1)[SiH](C)C. The molecule has 4 aromatic rings. The summed E-state index contributed by atoms with van der Waals surface area (Å²) in [5, 5.41) is 0. The van der Waals surface area contributed by atoms with Crippen LogP contribution in [0.4, 0.5) is 0 Å². The van der Waals surface area contributed by atoms with Crippen molar-refractivity contribution in [1.82, 2.24) is 0 Å². The van der Waals surface area contributed by atoms with Gasteiger partial charge < -0.3 is 0 Å². The molecule has 0 aliphatic heterocycles. The predicted octanol–water partition coefficient (Wildman–Crippen LogP) is 13.0. The summed E-state index contributed by atoms with van der Waals surface area (Å²) >= 11 is -4.77. The summed E-state index contributed by atoms with van der Waals surface area (Å²) in [5.74, 6) is -1.61. The average molecular weight is 744 g/mol. The molecule has 2 aliphatic carbocycles. The van der Waals surface area contributed by atoms with E-state index < -0.39 is 21.5 Å². The van der Waals surface area contributed by atoms with Gasteiger partial charge in [0, 0.05) is 0 Å². The van der Waals surface area contributed by atoms with Crippen LogP contribution in [0.15, 0.2) is 71.8 Å². The second kappa shape index (κ2) is 12.2. The fourth-order valence-corrected chi connectivity index (χ4v) is 42.0. The summed E-state index contributed by atoms with van der Waals surface area (Å²) in [6.45, 7) is 22.9. The van der Waals surface area contributed by atoms with Gasteiger partial charge in [0.15, 0.2) is 0 Å². The van der Waals surface area contributed by atoms with Crippen LogP contribution in [0, 0.1) is 27.7 Å². The van der Waals surface area contributed by atoms with Crippen LogP contribution in [0.3, 0.4) is 0 Å². The fourth-order valence-electron chi connectivity index (χ4n) is 9.10. The first-order valence-corrected chi connectivity index (χ1v) is 33.4. The zero-order valence-electron chi connectivity index (χ0n) is 29.3. The molecule has 0 heterocycles. The number of hydrogen-bond acceptors (Lipinski definition) is 0. The van der Waals surface area contributed by atoms with Crippen molar-refractivity contribution in [3.05, 3.63) is 127 Å². The molecule has 2 aliphatic rings. The van der Waals surface area contributed by atoms with Crippen LogP contribution < -0.4 is 0 Å². The Hall–Kier alpha value is -1.96. The van der Waals surface area contributed by atoms with E-state index in [1.807, 2.05) is 0 Å². The molecule has 2 unspecified atom stereocenters. The van der Waals surface area contributed by atoms with Crippen molar-refractivity contribution in [1.29, 1.82) is 0 Å². The van der Waals surface area contributed by atoms with Crippen LogP contribution in [-0.4, -0.2) is 5.92 Å². The zero-order valence-corrected chi connectivity index (χ0v) is 34.5. The van der Waals surface area contributed by atoms with E-state index >= 15 is 0 Å². The van der Waals surface area contributed by atoms with Crippen molar-refractivity contribution in [2.24, 2.45) is 0 Å². The van der Waals surface area contributed by atoms with E-state index in [1.54, 1.807) is 0 Å². The molecule has 0 radical (unpaired) electrons. The van der Waals surface area contributed by atoms with Crippen molar-refractivity contribution in [2.45, 2.75) is 88.6 Å². The summed E-state index contributed by atoms with van der Waals surface area (Å²) in [5.41, 5.74) is 21.5. The van der Waals surface area contributed by atoms with Gasteiger partial charge in [0.25, 0.3) is 0 Å². The number of halogens is 2. The van der Waals surface area contributed by atoms with Crippen molar-refractivity contribution in [2.75, 3.05) is 0 Å². The molecule has 46 heavy (non-hydrogen) atoms. The Kier molecular flexibility index (Phi) is 8.98. The van der Waals surface area contributed by atoms with Crippen LogP contribution >= 0.6 is 17.0 Å². The van der Waals surface area contributed by atoms with E-state index in [0.29, 0.717) is 0 Å². The molecule has 0 N–H and O–H groups in total. The first kappa shape index (κ1) is 33.9. The standard InChI is InChI=1S/2C20H21.C2H7Si.2ClH.Zr/c2*1-5-16-6-7-17-9-15(4)12-19(17)20(16)18-10-13(2)8-14(3)11-18;1-3-2;;;/h2*6-12H,5H2,1-4H3;3H,1-2H3;2*1H;/q;;;;;+2/p-2. The van der Waals surface area contributed by atoms with Gasteiger partial charge in [0.2, 0.25) is 0 Å². The van der Waals surface area contributed by atoms with Gasteiger partial charge in [-0.15, -0.1) is 0 Å². The van der Waals surface area contributed by atoms with Gasteiger partial charge >= 0.3 is 289 Å². The molecule has 4 aromatic carbocycles. The number of fused-ring (bicyclic) bond motifs is 2. The Morgan fingerprint density at radius 2 is 0.913 bits per heavy atom. The number of allylic oxidation sites excluding steroid dienone is 2. The van der Waals surface area contributed by atoms with Crippen molar-refractivity contribution in [3.63, 3.8) is 0 Å². The Morgan fingerprint density at radius 3 is 1.22 bits per heavy atom. The molecular formula is C42H49Cl2SiZr. The number of hydrogen-bond donors (Lipinski definition) is 0. The number of benzene rings is 4. The molecule has 0 saturated carbocycles. The minimum absolute atomic E-state index is 0.0943. The van der Waals surface area contributed by atoms with Crippen LogP contribution in [-0.2, 0) is 28.4 Å². The van der Waals surface area contributed by atoms with Gasteiger partial charge in [0.1, 0.15) is 0 Å². The molecular weight excluding hydrogens is 695 g/mol. The molecule has 6 rings (SSSR count). The molecule has 0 amide bonds. The van der Waals surface area contributed by atoms with Gasteiger partial charge in [-0.25, -0.2) is 0 Å². The summed E-state index contributed by atoms with van der Waals surface area (Å²) in [6.07, 6.45) is 6.89. The number of rotatable bonds is 7. The van der Waals surface area contributed by atoms with Crippen LogP contribution in [0.25, 0.3) is 34.4 Å². The van der Waals surface area contributed by atoms with Crippen molar-refractivity contribution in [3.8, 4) is 22.3 Å². The summed E-state index contributed by atoms with van der Waals surface area (Å²) < 4.78 is 0.189. The van der Waals surface area contributed by atoms with E-state index in [-0.39, 0.29) is 7.25 Å². The second-order valence-electron chi connectivity index (χ2n) is 14.7. The third kappa shape index (κ3) is 5.26. The molecule has 239 valence electrons. The Morgan fingerprint density at radius 1 is 0.565 bits per heavy atom. The van der Waals surface area contributed by atoms with Gasteiger partial charge in [-0.05, 0) is 0 Å². The van der Waals surface area contributed by atoms with Crippen LogP contribution in [0.1, 0.15) is 90.6 Å². The molecule has 2 atom stereocenters. The normalized spacial score (nSPS) is 18.2. The molecule has 0 saturated heterocycles. The third-order valence-electron chi connectivity index (χ3n) is 11.0. The van der Waals surface area contributed by atoms with Crippen LogP contribution in [0.5, 0.6) is 0 Å². The molecule has 0 nitrogen and oxygen atoms in total. The van der Waals surface area contributed by atoms with Crippen molar-refractivity contribution >= 4 is 35.1 Å². The topological polar surface area (TPSA) is 0 Å². The third-order valence-corrected chi connectivity index (χ3v) is 63.3. The van der Waals surface area contributed by atoms with Gasteiger partial charge in [0.05, 0.1) is 0 Å². The summed E-state index contributed by atoms with van der Waals surface area (Å²) in [7, 11) is 17.2. The Bertz CT molecular complexity index is 1790. The monoisotopic (exact) mass is 741 g/mol. The van der Waals surface area contributed by atoms with Gasteiger partial charge in [-0.3, -0.25) is 0 Å². The van der Waals surface area contributed by atoms with E-state index in [9.17, 15) is 0 Å². The van der Waals surface area contributed by atoms with Gasteiger partial charge in [-0.1, -0.05) is 0 Å². The maximum absolute atomic E-state index is 8.59. The Balaban J connectivity index is 1.60. The van der Waals surface area contributed by atoms with E-state index in [1.165, 1.54) is 89.0 Å². The molecule has 0 spiro atoms. The van der Waals surface area contributed by atoms with E-state index in [2.05, 4.69) is 141 Å². The second-order valence-corrected chi connectivity index (χ2v) is 57.2. The fraction of sp³-hybridized carbons (Fsp3) is 0.333. The van der Waals surface area contributed by atoms with E-state index in [0.717, 1.165) is 12.8 Å². The summed E-state index contributed by atoms with van der Waals surface area (Å²) in [6, 6.07) is 23.5. The molecule has 4 heteroatoms. The quantitative estimate of drug-likeness (QED) is 0.165. The van der Waals surface area contributed by atoms with E-state index in [4.69, 9.17) is 17.0 Å². The zero-order chi connectivity index (χ0) is 33.3.